The number of anilines is 1. The highest BCUT2D eigenvalue weighted by Gasteiger charge is 2.45. The SMILES string of the molecule is CCCCNC(=S)NCCNC1=C(C=CC2=[N+](CC)c3ccc4ccccc4c3C2(C)C)CCCC1=CC=C1N(CC)c2ccc3ccccc3c2C1(C)C. The summed E-state index contributed by atoms with van der Waals surface area (Å²) < 4.78 is 2.52. The molecule has 0 amide bonds. The second kappa shape index (κ2) is 16.2. The Morgan fingerprint density at radius 2 is 1.45 bits per heavy atom. The molecule has 55 heavy (non-hydrogen) atoms. The number of rotatable bonds is 12. The molecule has 2 aliphatic heterocycles. The van der Waals surface area contributed by atoms with Crippen LogP contribution in [-0.4, -0.2) is 48.1 Å². The Bertz CT molecular complexity index is 2270. The van der Waals surface area contributed by atoms with Gasteiger partial charge in [0, 0.05) is 66.4 Å². The van der Waals surface area contributed by atoms with Gasteiger partial charge in [0.15, 0.2) is 10.8 Å². The molecule has 0 spiro atoms. The van der Waals surface area contributed by atoms with E-state index >= 15 is 0 Å². The van der Waals surface area contributed by atoms with Gasteiger partial charge in [0.05, 0.1) is 5.41 Å². The summed E-state index contributed by atoms with van der Waals surface area (Å²) in [4.78, 5) is 2.52. The first kappa shape index (κ1) is 38.6. The van der Waals surface area contributed by atoms with Crippen LogP contribution in [0.5, 0.6) is 0 Å². The Hall–Kier alpha value is -4.68. The van der Waals surface area contributed by atoms with Crippen molar-refractivity contribution in [3.63, 3.8) is 0 Å². The molecular weight excluding hydrogens is 691 g/mol. The number of hydrogen-bond acceptors (Lipinski definition) is 3. The minimum atomic E-state index is -0.129. The predicted octanol–water partition coefficient (Wildman–Crippen LogP) is 10.9. The van der Waals surface area contributed by atoms with Gasteiger partial charge in [-0.05, 0) is 122 Å². The number of nitrogens with zero attached hydrogens (tertiary/aromatic N) is 2. The Labute approximate surface area is 335 Å². The van der Waals surface area contributed by atoms with E-state index in [4.69, 9.17) is 12.2 Å². The van der Waals surface area contributed by atoms with Crippen LogP contribution in [0.4, 0.5) is 11.4 Å². The number of likely N-dealkylation sites (N-methyl/N-ethyl adjacent to an activating group) is 1. The van der Waals surface area contributed by atoms with Crippen molar-refractivity contribution in [2.45, 2.75) is 91.4 Å². The van der Waals surface area contributed by atoms with Gasteiger partial charge in [-0.15, -0.1) is 0 Å². The summed E-state index contributed by atoms with van der Waals surface area (Å²) in [5, 5.41) is 16.7. The van der Waals surface area contributed by atoms with E-state index in [1.165, 1.54) is 72.3 Å². The fraction of sp³-hybridized carbons (Fsp3) is 0.388. The van der Waals surface area contributed by atoms with Crippen LogP contribution in [0.1, 0.15) is 91.7 Å². The highest BCUT2D eigenvalue weighted by molar-refractivity contribution is 7.80. The largest absolute Gasteiger partial charge is 0.383 e. The highest BCUT2D eigenvalue weighted by Crippen LogP contribution is 2.51. The smallest absolute Gasteiger partial charge is 0.210 e. The Morgan fingerprint density at radius 3 is 2.16 bits per heavy atom. The van der Waals surface area contributed by atoms with Crippen molar-refractivity contribution in [3.05, 3.63) is 131 Å². The molecule has 0 aromatic heterocycles. The molecule has 3 N–H and O–H groups in total. The zero-order valence-electron chi connectivity index (χ0n) is 34.1. The molecule has 4 aromatic rings. The maximum atomic E-state index is 5.59. The normalized spacial score (nSPS) is 18.9. The fourth-order valence-electron chi connectivity index (χ4n) is 9.40. The quantitative estimate of drug-likeness (QED) is 0.0764. The van der Waals surface area contributed by atoms with Gasteiger partial charge < -0.3 is 20.9 Å². The van der Waals surface area contributed by atoms with Gasteiger partial charge in [0.25, 0.3) is 0 Å². The fourth-order valence-corrected chi connectivity index (χ4v) is 9.61. The van der Waals surface area contributed by atoms with Crippen molar-refractivity contribution in [2.24, 2.45) is 0 Å². The van der Waals surface area contributed by atoms with E-state index in [1.54, 1.807) is 0 Å². The molecule has 5 nitrogen and oxygen atoms in total. The van der Waals surface area contributed by atoms with Crippen molar-refractivity contribution in [3.8, 4) is 0 Å². The molecule has 0 fully saturated rings. The molecule has 7 rings (SSSR count). The van der Waals surface area contributed by atoms with Gasteiger partial charge in [-0.1, -0.05) is 93.9 Å². The number of benzene rings is 4. The molecule has 4 aromatic carbocycles. The minimum Gasteiger partial charge on any atom is -0.383 e. The molecule has 6 heteroatoms. The van der Waals surface area contributed by atoms with Crippen LogP contribution in [0.15, 0.2) is 120 Å². The van der Waals surface area contributed by atoms with Crippen LogP contribution < -0.4 is 20.9 Å². The van der Waals surface area contributed by atoms with Crippen LogP contribution >= 0.6 is 12.2 Å². The van der Waals surface area contributed by atoms with E-state index in [1.807, 2.05) is 0 Å². The van der Waals surface area contributed by atoms with E-state index in [9.17, 15) is 0 Å². The molecular formula is C49H60N5S+. The van der Waals surface area contributed by atoms with Crippen LogP contribution in [0.25, 0.3) is 21.5 Å². The summed E-state index contributed by atoms with van der Waals surface area (Å²) >= 11 is 5.59. The van der Waals surface area contributed by atoms with Crippen molar-refractivity contribution in [2.75, 3.05) is 37.6 Å². The van der Waals surface area contributed by atoms with Gasteiger partial charge in [0.1, 0.15) is 6.54 Å². The Balaban J connectivity index is 1.25. The molecule has 2 heterocycles. The average molecular weight is 751 g/mol. The molecule has 0 atom stereocenters. The molecule has 0 unspecified atom stereocenters. The molecule has 0 bridgehead atoms. The third-order valence-corrected chi connectivity index (χ3v) is 12.4. The molecule has 1 aliphatic carbocycles. The van der Waals surface area contributed by atoms with Gasteiger partial charge >= 0.3 is 0 Å². The first-order valence-corrected chi connectivity index (χ1v) is 21.1. The second-order valence-corrected chi connectivity index (χ2v) is 16.7. The maximum absolute atomic E-state index is 5.59. The van der Waals surface area contributed by atoms with Gasteiger partial charge in [-0.3, -0.25) is 0 Å². The van der Waals surface area contributed by atoms with Crippen LogP contribution in [-0.2, 0) is 10.8 Å². The standard InChI is InChI=1S/C49H59N5S/c1-8-11-31-51-47(55)52-33-32-50-46-36(25-29-42-48(4,5)44-38-21-14-12-17-34(38)23-27-40(44)53(42)9-2)19-16-20-37(46)26-30-43-49(6,7)45-39-22-15-13-18-35(39)24-28-41(45)54(43)10-3/h12-15,17-18,21-30H,8-11,16,19-20,31-33H2,1-7H3,(H2,51,52,55)/p+1. The van der Waals surface area contributed by atoms with Gasteiger partial charge in [0.2, 0.25) is 5.69 Å². The number of thiocarbonyl (C=S) groups is 1. The van der Waals surface area contributed by atoms with E-state index in [0.29, 0.717) is 0 Å². The molecule has 0 saturated carbocycles. The predicted molar refractivity (Wildman–Crippen MR) is 240 cm³/mol. The van der Waals surface area contributed by atoms with Crippen LogP contribution in [0.2, 0.25) is 0 Å². The van der Waals surface area contributed by atoms with E-state index in [0.717, 1.165) is 69.9 Å². The van der Waals surface area contributed by atoms with Crippen molar-refractivity contribution >= 4 is 56.0 Å². The van der Waals surface area contributed by atoms with Crippen molar-refractivity contribution in [1.29, 1.82) is 0 Å². The summed E-state index contributed by atoms with van der Waals surface area (Å²) in [5.74, 6) is 0. The van der Waals surface area contributed by atoms with E-state index < -0.39 is 0 Å². The summed E-state index contributed by atoms with van der Waals surface area (Å²) in [6.07, 6.45) is 15.1. The lowest BCUT2D eigenvalue weighted by atomic mass is 9.78. The number of unbranched alkanes of at least 4 members (excludes halogenated alkanes) is 1. The summed E-state index contributed by atoms with van der Waals surface area (Å²) in [6, 6.07) is 26.9. The lowest BCUT2D eigenvalue weighted by Crippen LogP contribution is -2.39. The number of allylic oxidation sites excluding steroid dienone is 7. The average Bonchev–Trinajstić information content (AvgIpc) is 3.56. The highest BCUT2D eigenvalue weighted by atomic mass is 32.1. The molecule has 286 valence electrons. The van der Waals surface area contributed by atoms with E-state index in [-0.39, 0.29) is 10.8 Å². The van der Waals surface area contributed by atoms with Crippen LogP contribution in [0, 0.1) is 0 Å². The Kier molecular flexibility index (Phi) is 11.4. The molecule has 0 saturated heterocycles. The minimum absolute atomic E-state index is 0.129. The van der Waals surface area contributed by atoms with Gasteiger partial charge in [-0.2, -0.15) is 4.58 Å². The first-order valence-electron chi connectivity index (χ1n) is 20.7. The van der Waals surface area contributed by atoms with Crippen LogP contribution in [0.3, 0.4) is 0 Å². The topological polar surface area (TPSA) is 42.3 Å². The van der Waals surface area contributed by atoms with Gasteiger partial charge in [-0.25, -0.2) is 0 Å². The molecule has 0 radical (unpaired) electrons. The first-order chi connectivity index (χ1) is 26.6. The summed E-state index contributed by atoms with van der Waals surface area (Å²) in [7, 11) is 0. The molecule has 3 aliphatic rings. The zero-order valence-corrected chi connectivity index (χ0v) is 34.9. The van der Waals surface area contributed by atoms with Crippen molar-refractivity contribution in [1.82, 2.24) is 16.0 Å². The zero-order chi connectivity index (χ0) is 38.7. The number of hydrogen-bond donors (Lipinski definition) is 3. The summed E-state index contributed by atoms with van der Waals surface area (Å²) in [6.45, 7) is 20.6. The third-order valence-electron chi connectivity index (χ3n) is 12.1. The van der Waals surface area contributed by atoms with Crippen molar-refractivity contribution < 1.29 is 4.58 Å². The number of fused-ring (bicyclic) bond motifs is 6. The maximum Gasteiger partial charge on any atom is 0.210 e. The monoisotopic (exact) mass is 750 g/mol. The number of nitrogens with one attached hydrogen (secondary N) is 3. The second-order valence-electron chi connectivity index (χ2n) is 16.3. The summed E-state index contributed by atoms with van der Waals surface area (Å²) in [5.41, 5.74) is 12.0. The lowest BCUT2D eigenvalue weighted by molar-refractivity contribution is -0.433. The third kappa shape index (κ3) is 7.26. The van der Waals surface area contributed by atoms with E-state index in [2.05, 4.69) is 171 Å². The lowest BCUT2D eigenvalue weighted by Gasteiger charge is -2.27. The Morgan fingerprint density at radius 1 is 0.764 bits per heavy atom.